The highest BCUT2D eigenvalue weighted by Gasteiger charge is 2.13. The van der Waals surface area contributed by atoms with Crippen molar-refractivity contribution in [2.24, 2.45) is 0 Å². The molecule has 1 amide bonds. The second kappa shape index (κ2) is 10.1. The molecule has 0 aliphatic carbocycles. The molecule has 0 saturated carbocycles. The number of hydrogen-bond donors (Lipinski definition) is 1. The van der Waals surface area contributed by atoms with Crippen molar-refractivity contribution >= 4 is 44.4 Å². The molecule has 0 unspecified atom stereocenters. The fourth-order valence-electron chi connectivity index (χ4n) is 2.61. The molecule has 8 heteroatoms. The number of benzene rings is 2. The van der Waals surface area contributed by atoms with Crippen LogP contribution in [-0.2, 0) is 4.79 Å². The minimum atomic E-state index is -0.526. The molecule has 0 spiro atoms. The van der Waals surface area contributed by atoms with Crippen LogP contribution in [0.4, 0.5) is 5.13 Å². The number of nitrogens with one attached hydrogen (secondary N) is 1. The molecule has 3 aromatic rings. The Labute approximate surface area is 186 Å². The number of methoxy groups -OCH3 is 1. The van der Waals surface area contributed by atoms with Gasteiger partial charge in [-0.25, -0.2) is 4.98 Å². The number of amides is 1. The van der Waals surface area contributed by atoms with E-state index in [-0.39, 0.29) is 5.57 Å². The van der Waals surface area contributed by atoms with Gasteiger partial charge in [0.2, 0.25) is 0 Å². The molecule has 0 bridgehead atoms. The van der Waals surface area contributed by atoms with Crippen LogP contribution in [0.3, 0.4) is 0 Å². The predicted molar refractivity (Wildman–Crippen MR) is 122 cm³/mol. The first-order valence-corrected chi connectivity index (χ1v) is 10.7. The summed E-state index contributed by atoms with van der Waals surface area (Å²) in [6.07, 6.45) is 1.50. The molecule has 0 radical (unpaired) electrons. The Hall–Kier alpha value is -3.15. The normalized spacial score (nSPS) is 10.9. The van der Waals surface area contributed by atoms with Gasteiger partial charge < -0.3 is 9.47 Å². The van der Waals surface area contributed by atoms with Gasteiger partial charge in [0.1, 0.15) is 11.6 Å². The lowest BCUT2D eigenvalue weighted by molar-refractivity contribution is -0.112. The number of ether oxygens (including phenoxy) is 2. The molecule has 3 rings (SSSR count). The monoisotopic (exact) mass is 483 g/mol. The van der Waals surface area contributed by atoms with E-state index in [1.807, 2.05) is 42.6 Å². The Morgan fingerprint density at radius 1 is 1.27 bits per heavy atom. The summed E-state index contributed by atoms with van der Waals surface area (Å²) >= 11 is 4.70. The summed E-state index contributed by atoms with van der Waals surface area (Å²) in [5, 5.41) is 14.4. The van der Waals surface area contributed by atoms with Crippen LogP contribution in [0.15, 0.2) is 57.9 Å². The average molecular weight is 484 g/mol. The molecule has 6 nitrogen and oxygen atoms in total. The van der Waals surface area contributed by atoms with Gasteiger partial charge in [-0.15, -0.1) is 11.3 Å². The zero-order chi connectivity index (χ0) is 21.5. The molecule has 2 aromatic carbocycles. The minimum absolute atomic E-state index is 0.0402. The number of thiazole rings is 1. The van der Waals surface area contributed by atoms with E-state index in [9.17, 15) is 10.1 Å². The number of halogens is 1. The maximum absolute atomic E-state index is 12.6. The minimum Gasteiger partial charge on any atom is -0.493 e. The molecule has 0 aliphatic heterocycles. The van der Waals surface area contributed by atoms with Gasteiger partial charge in [-0.3, -0.25) is 10.1 Å². The Balaban J connectivity index is 1.77. The highest BCUT2D eigenvalue weighted by Crippen LogP contribution is 2.29. The second-order valence-electron chi connectivity index (χ2n) is 6.01. The third kappa shape index (κ3) is 5.26. The van der Waals surface area contributed by atoms with Crippen LogP contribution in [-0.4, -0.2) is 24.6 Å². The first-order valence-electron chi connectivity index (χ1n) is 8.99. The molecule has 0 saturated heterocycles. The SMILES string of the molecule is CCOc1ccc(C=C(C#N)C(=O)Nc2nc(-c3ccc(Br)cc3)cs2)cc1OC. The Morgan fingerprint density at radius 2 is 2.03 bits per heavy atom. The van der Waals surface area contributed by atoms with E-state index in [1.165, 1.54) is 24.5 Å². The van der Waals surface area contributed by atoms with Crippen LogP contribution in [0.25, 0.3) is 17.3 Å². The lowest BCUT2D eigenvalue weighted by atomic mass is 10.1. The van der Waals surface area contributed by atoms with Crippen molar-refractivity contribution in [3.63, 3.8) is 0 Å². The van der Waals surface area contributed by atoms with Crippen LogP contribution in [0.5, 0.6) is 11.5 Å². The van der Waals surface area contributed by atoms with Crippen molar-refractivity contribution in [1.82, 2.24) is 4.98 Å². The highest BCUT2D eigenvalue weighted by molar-refractivity contribution is 9.10. The van der Waals surface area contributed by atoms with Gasteiger partial charge >= 0.3 is 0 Å². The topological polar surface area (TPSA) is 84.2 Å². The lowest BCUT2D eigenvalue weighted by Crippen LogP contribution is -2.13. The average Bonchev–Trinajstić information content (AvgIpc) is 3.21. The van der Waals surface area contributed by atoms with Crippen molar-refractivity contribution in [2.45, 2.75) is 6.92 Å². The van der Waals surface area contributed by atoms with E-state index in [2.05, 4.69) is 26.2 Å². The first kappa shape index (κ1) is 21.6. The maximum Gasteiger partial charge on any atom is 0.268 e. The molecule has 1 N–H and O–H groups in total. The number of nitriles is 1. The van der Waals surface area contributed by atoms with Crippen molar-refractivity contribution in [1.29, 1.82) is 5.26 Å². The summed E-state index contributed by atoms with van der Waals surface area (Å²) in [4.78, 5) is 17.0. The summed E-state index contributed by atoms with van der Waals surface area (Å²) in [6.45, 7) is 2.39. The molecule has 152 valence electrons. The van der Waals surface area contributed by atoms with Crippen LogP contribution in [0, 0.1) is 11.3 Å². The van der Waals surface area contributed by atoms with Gasteiger partial charge in [0.05, 0.1) is 19.4 Å². The number of hydrogen-bond acceptors (Lipinski definition) is 6. The summed E-state index contributed by atoms with van der Waals surface area (Å²) < 4.78 is 11.8. The Bertz CT molecular complexity index is 1120. The third-order valence-corrected chi connectivity index (χ3v) is 5.31. The molecule has 0 fully saturated rings. The van der Waals surface area contributed by atoms with Crippen molar-refractivity contribution < 1.29 is 14.3 Å². The second-order valence-corrected chi connectivity index (χ2v) is 7.79. The standard InChI is InChI=1S/C22H18BrN3O3S/c1-3-29-19-9-4-14(11-20(19)28-2)10-16(12-24)21(27)26-22-25-18(13-30-22)15-5-7-17(23)8-6-15/h4-11,13H,3H2,1-2H3,(H,25,26,27). The van der Waals surface area contributed by atoms with E-state index in [1.54, 1.807) is 18.2 Å². The maximum atomic E-state index is 12.6. The lowest BCUT2D eigenvalue weighted by Gasteiger charge is -2.09. The van der Waals surface area contributed by atoms with Gasteiger partial charge in [-0.1, -0.05) is 34.1 Å². The van der Waals surface area contributed by atoms with E-state index < -0.39 is 5.91 Å². The van der Waals surface area contributed by atoms with E-state index in [4.69, 9.17) is 9.47 Å². The van der Waals surface area contributed by atoms with Crippen molar-refractivity contribution in [3.05, 3.63) is 63.5 Å². The van der Waals surface area contributed by atoms with Gasteiger partial charge in [-0.2, -0.15) is 5.26 Å². The first-order chi connectivity index (χ1) is 14.5. The van der Waals surface area contributed by atoms with E-state index in [0.717, 1.165) is 15.7 Å². The zero-order valence-corrected chi connectivity index (χ0v) is 18.7. The molecule has 1 aromatic heterocycles. The highest BCUT2D eigenvalue weighted by atomic mass is 79.9. The van der Waals surface area contributed by atoms with Crippen LogP contribution >= 0.6 is 27.3 Å². The van der Waals surface area contributed by atoms with Crippen LogP contribution < -0.4 is 14.8 Å². The molecular formula is C22H18BrN3O3S. The summed E-state index contributed by atoms with van der Waals surface area (Å²) in [6, 6.07) is 14.9. The van der Waals surface area contributed by atoms with Gasteiger partial charge in [0.15, 0.2) is 16.6 Å². The quantitative estimate of drug-likeness (QED) is 0.352. The molecule has 30 heavy (non-hydrogen) atoms. The van der Waals surface area contributed by atoms with Crippen molar-refractivity contribution in [3.8, 4) is 28.8 Å². The summed E-state index contributed by atoms with van der Waals surface area (Å²) in [7, 11) is 1.54. The number of aromatic nitrogens is 1. The molecule has 0 aliphatic rings. The fourth-order valence-corrected chi connectivity index (χ4v) is 3.59. The van der Waals surface area contributed by atoms with Gasteiger partial charge in [0.25, 0.3) is 5.91 Å². The van der Waals surface area contributed by atoms with E-state index >= 15 is 0 Å². The number of carbonyl (C=O) groups is 1. The fraction of sp³-hybridized carbons (Fsp3) is 0.136. The van der Waals surface area contributed by atoms with Gasteiger partial charge in [0, 0.05) is 15.4 Å². The van der Waals surface area contributed by atoms with Crippen LogP contribution in [0.2, 0.25) is 0 Å². The number of rotatable bonds is 7. The number of anilines is 1. The Kier molecular flexibility index (Phi) is 7.22. The van der Waals surface area contributed by atoms with Gasteiger partial charge in [-0.05, 0) is 42.8 Å². The summed E-state index contributed by atoms with van der Waals surface area (Å²) in [5.74, 6) is 0.604. The molecular weight excluding hydrogens is 466 g/mol. The Morgan fingerprint density at radius 3 is 2.70 bits per heavy atom. The smallest absolute Gasteiger partial charge is 0.268 e. The predicted octanol–water partition coefficient (Wildman–Crippen LogP) is 5.53. The summed E-state index contributed by atoms with van der Waals surface area (Å²) in [5.41, 5.74) is 2.30. The molecule has 0 atom stereocenters. The number of carbonyl (C=O) groups excluding carboxylic acids is 1. The zero-order valence-electron chi connectivity index (χ0n) is 16.3. The van der Waals surface area contributed by atoms with Crippen LogP contribution in [0.1, 0.15) is 12.5 Å². The largest absolute Gasteiger partial charge is 0.493 e. The third-order valence-electron chi connectivity index (χ3n) is 4.03. The number of nitrogens with zero attached hydrogens (tertiary/aromatic N) is 2. The molecule has 1 heterocycles. The van der Waals surface area contributed by atoms with Crippen molar-refractivity contribution in [2.75, 3.05) is 19.0 Å². The van der Waals surface area contributed by atoms with E-state index in [0.29, 0.717) is 28.8 Å².